The zero-order chi connectivity index (χ0) is 29.5. The van der Waals surface area contributed by atoms with Crippen molar-refractivity contribution in [3.05, 3.63) is 89.2 Å². The van der Waals surface area contributed by atoms with E-state index in [1.807, 2.05) is 34.1 Å². The SMILES string of the molecule is C=C/C(=C\C=C/CC(C)(C)Cc1nncn1C)N1Cc2c(cc(CN3CCC=C(C)C3)cc2C(F)(F)F)S1.CS. The highest BCUT2D eigenvalue weighted by Gasteiger charge is 2.38. The van der Waals surface area contributed by atoms with Crippen LogP contribution in [0.15, 0.2) is 71.6 Å². The number of fused-ring (bicyclic) bond motifs is 1. The number of hydrogen-bond donors (Lipinski definition) is 1. The number of thiol groups is 1. The van der Waals surface area contributed by atoms with Crippen molar-refractivity contribution in [2.45, 2.75) is 64.2 Å². The minimum Gasteiger partial charge on any atom is -0.321 e. The number of halogens is 3. The summed E-state index contributed by atoms with van der Waals surface area (Å²) in [5.41, 5.74) is 2.53. The van der Waals surface area contributed by atoms with Gasteiger partial charge in [-0.2, -0.15) is 25.8 Å². The third-order valence-electron chi connectivity index (χ3n) is 6.91. The van der Waals surface area contributed by atoms with Crippen molar-refractivity contribution in [1.82, 2.24) is 24.0 Å². The van der Waals surface area contributed by atoms with Gasteiger partial charge in [-0.1, -0.05) is 44.2 Å². The molecule has 10 heteroatoms. The van der Waals surface area contributed by atoms with Crippen LogP contribution in [0, 0.1) is 5.41 Å². The molecule has 40 heavy (non-hydrogen) atoms. The monoisotopic (exact) mass is 591 g/mol. The van der Waals surface area contributed by atoms with Gasteiger partial charge in [0.1, 0.15) is 12.2 Å². The highest BCUT2D eigenvalue weighted by atomic mass is 32.2. The van der Waals surface area contributed by atoms with E-state index < -0.39 is 11.7 Å². The molecule has 2 aliphatic rings. The minimum atomic E-state index is -4.40. The first kappa shape index (κ1) is 32.1. The number of nitrogens with zero attached hydrogens (tertiary/aromatic N) is 5. The van der Waals surface area contributed by atoms with Crippen LogP contribution < -0.4 is 0 Å². The maximum atomic E-state index is 14.1. The summed E-state index contributed by atoms with van der Waals surface area (Å²) in [6.07, 6.45) is 11.4. The summed E-state index contributed by atoms with van der Waals surface area (Å²) >= 11 is 4.88. The van der Waals surface area contributed by atoms with Gasteiger partial charge in [0, 0.05) is 49.3 Å². The Hall–Kier alpha value is -2.43. The first-order chi connectivity index (χ1) is 18.9. The molecule has 0 radical (unpaired) electrons. The molecule has 1 aromatic heterocycles. The average Bonchev–Trinajstić information content (AvgIpc) is 3.49. The molecular weight excluding hydrogens is 551 g/mol. The molecule has 0 saturated carbocycles. The van der Waals surface area contributed by atoms with Crippen molar-refractivity contribution >= 4 is 24.6 Å². The smallest absolute Gasteiger partial charge is 0.321 e. The predicted molar refractivity (Wildman–Crippen MR) is 162 cm³/mol. The van der Waals surface area contributed by atoms with Crippen LogP contribution in [0.25, 0.3) is 0 Å². The van der Waals surface area contributed by atoms with Crippen LogP contribution in [0.2, 0.25) is 0 Å². The zero-order valence-electron chi connectivity index (χ0n) is 24.0. The lowest BCUT2D eigenvalue weighted by atomic mass is 9.85. The van der Waals surface area contributed by atoms with E-state index in [-0.39, 0.29) is 12.0 Å². The molecule has 218 valence electrons. The lowest BCUT2D eigenvalue weighted by molar-refractivity contribution is -0.138. The molecule has 2 aliphatic heterocycles. The fraction of sp³-hybridized carbons (Fsp3) is 0.467. The summed E-state index contributed by atoms with van der Waals surface area (Å²) in [4.78, 5) is 2.88. The van der Waals surface area contributed by atoms with E-state index in [1.54, 1.807) is 18.7 Å². The highest BCUT2D eigenvalue weighted by Crippen LogP contribution is 2.45. The molecule has 4 rings (SSSR count). The van der Waals surface area contributed by atoms with Gasteiger partial charge >= 0.3 is 6.18 Å². The first-order valence-electron chi connectivity index (χ1n) is 13.3. The lowest BCUT2D eigenvalue weighted by Crippen LogP contribution is -2.29. The van der Waals surface area contributed by atoms with Gasteiger partial charge in [0.2, 0.25) is 0 Å². The van der Waals surface area contributed by atoms with Gasteiger partial charge in [-0.3, -0.25) is 4.90 Å². The van der Waals surface area contributed by atoms with Crippen molar-refractivity contribution in [2.75, 3.05) is 19.3 Å². The highest BCUT2D eigenvalue weighted by molar-refractivity contribution is 7.97. The number of aryl methyl sites for hydroxylation is 1. The van der Waals surface area contributed by atoms with Crippen molar-refractivity contribution in [3.63, 3.8) is 0 Å². The van der Waals surface area contributed by atoms with Gasteiger partial charge in [-0.25, -0.2) is 0 Å². The van der Waals surface area contributed by atoms with Crippen LogP contribution >= 0.6 is 24.6 Å². The largest absolute Gasteiger partial charge is 0.416 e. The topological polar surface area (TPSA) is 37.2 Å². The number of alkyl halides is 3. The third kappa shape index (κ3) is 8.54. The minimum absolute atomic E-state index is 0.0151. The van der Waals surface area contributed by atoms with E-state index in [1.165, 1.54) is 23.6 Å². The van der Waals surface area contributed by atoms with Crippen LogP contribution in [0.4, 0.5) is 13.2 Å². The van der Waals surface area contributed by atoms with Gasteiger partial charge < -0.3 is 8.87 Å². The van der Waals surface area contributed by atoms with Gasteiger partial charge in [0.15, 0.2) is 0 Å². The summed E-state index contributed by atoms with van der Waals surface area (Å²) in [7, 11) is 1.94. The number of hydrogen-bond acceptors (Lipinski definition) is 6. The fourth-order valence-electron chi connectivity index (χ4n) is 4.89. The standard InChI is InChI=1S/C29H36F3N5S.CH4S/c1-6-23(11-7-8-12-28(3,4)16-27-34-33-20-35(27)5)37-19-24-25(29(30,31)32)14-22(15-26(24)38-37)18-36-13-9-10-21(2)17-36;1-2/h6-8,10-11,14-15,20H,1,9,12-13,16-19H2,2-5H3;2H,1H3/b8-7-,23-11+;. The van der Waals surface area contributed by atoms with Gasteiger partial charge in [0.25, 0.3) is 0 Å². The van der Waals surface area contributed by atoms with E-state index in [0.717, 1.165) is 43.9 Å². The van der Waals surface area contributed by atoms with Crippen LogP contribution in [0.3, 0.4) is 0 Å². The molecule has 1 aromatic carbocycles. The number of aromatic nitrogens is 3. The summed E-state index contributed by atoms with van der Waals surface area (Å²) in [5.74, 6) is 0.934. The normalized spacial score (nSPS) is 16.6. The fourth-order valence-corrected chi connectivity index (χ4v) is 6.05. The maximum Gasteiger partial charge on any atom is 0.416 e. The number of allylic oxidation sites excluding steroid dienone is 4. The van der Waals surface area contributed by atoms with E-state index in [9.17, 15) is 13.2 Å². The Balaban J connectivity index is 0.00000216. The van der Waals surface area contributed by atoms with Crippen LogP contribution in [-0.4, -0.2) is 43.3 Å². The summed E-state index contributed by atoms with van der Waals surface area (Å²) in [6.45, 7) is 12.7. The molecule has 5 nitrogen and oxygen atoms in total. The Labute approximate surface area is 246 Å². The molecule has 0 fully saturated rings. The lowest BCUT2D eigenvalue weighted by Gasteiger charge is -2.26. The maximum absolute atomic E-state index is 14.1. The molecule has 0 aliphatic carbocycles. The van der Waals surface area contributed by atoms with Crippen molar-refractivity contribution in [3.8, 4) is 0 Å². The molecule has 0 N–H and O–H groups in total. The quantitative estimate of drug-likeness (QED) is 0.140. The third-order valence-corrected chi connectivity index (χ3v) is 8.04. The van der Waals surface area contributed by atoms with Crippen molar-refractivity contribution in [1.29, 1.82) is 0 Å². The molecule has 0 amide bonds. The van der Waals surface area contributed by atoms with E-state index >= 15 is 0 Å². The molecular formula is C30H40F3N5S2. The molecule has 0 unspecified atom stereocenters. The van der Waals surface area contributed by atoms with E-state index in [0.29, 0.717) is 22.6 Å². The molecule has 3 heterocycles. The second-order valence-electron chi connectivity index (χ2n) is 10.9. The van der Waals surface area contributed by atoms with E-state index in [4.69, 9.17) is 0 Å². The Morgan fingerprint density at radius 3 is 2.58 bits per heavy atom. The Bertz CT molecular complexity index is 1260. The van der Waals surface area contributed by atoms with Crippen LogP contribution in [-0.2, 0) is 32.7 Å². The van der Waals surface area contributed by atoms with Crippen molar-refractivity contribution < 1.29 is 13.2 Å². The molecule has 0 bridgehead atoms. The second kappa shape index (κ2) is 14.0. The molecule has 2 aromatic rings. The van der Waals surface area contributed by atoms with Gasteiger partial charge in [-0.15, -0.1) is 10.2 Å². The van der Waals surface area contributed by atoms with Gasteiger partial charge in [-0.05, 0) is 73.2 Å². The predicted octanol–water partition coefficient (Wildman–Crippen LogP) is 7.64. The number of rotatable bonds is 9. The summed E-state index contributed by atoms with van der Waals surface area (Å²) in [6, 6.07) is 3.27. The molecule has 0 spiro atoms. The van der Waals surface area contributed by atoms with Crippen molar-refractivity contribution in [2.24, 2.45) is 12.5 Å². The Kier molecular flexibility index (Phi) is 11.2. The Morgan fingerprint density at radius 1 is 1.20 bits per heavy atom. The Morgan fingerprint density at radius 2 is 1.95 bits per heavy atom. The van der Waals surface area contributed by atoms with Gasteiger partial charge in [0.05, 0.1) is 12.1 Å². The van der Waals surface area contributed by atoms with Crippen LogP contribution in [0.5, 0.6) is 0 Å². The molecule has 0 saturated heterocycles. The van der Waals surface area contributed by atoms with Crippen LogP contribution in [0.1, 0.15) is 56.1 Å². The average molecular weight is 592 g/mol. The number of benzene rings is 1. The summed E-state index contributed by atoms with van der Waals surface area (Å²) < 4.78 is 46.1. The van der Waals surface area contributed by atoms with E-state index in [2.05, 4.69) is 67.2 Å². The molecule has 0 atom stereocenters. The first-order valence-corrected chi connectivity index (χ1v) is 15.0. The zero-order valence-corrected chi connectivity index (χ0v) is 25.7. The second-order valence-corrected chi connectivity index (χ2v) is 12.0. The summed E-state index contributed by atoms with van der Waals surface area (Å²) in [5, 5.41) is 8.13.